The van der Waals surface area contributed by atoms with E-state index in [0.717, 1.165) is 24.7 Å². The lowest BCUT2D eigenvalue weighted by Gasteiger charge is -2.35. The number of carbonyl (C=O) groups excluding carboxylic acids is 1. The largest absolute Gasteiger partial charge is 0.298 e. The predicted octanol–water partition coefficient (Wildman–Crippen LogP) is 2.94. The van der Waals surface area contributed by atoms with Crippen molar-refractivity contribution >= 4 is 21.7 Å². The first-order valence-electron chi connectivity index (χ1n) is 5.55. The van der Waals surface area contributed by atoms with Gasteiger partial charge in [-0.05, 0) is 37.0 Å². The van der Waals surface area contributed by atoms with Crippen LogP contribution in [0.25, 0.3) is 0 Å². The van der Waals surface area contributed by atoms with Gasteiger partial charge in [-0.15, -0.1) is 0 Å². The Morgan fingerprint density at radius 1 is 1.43 bits per heavy atom. The molecular formula is C12H15BrO. The monoisotopic (exact) mass is 254 g/mol. The molecule has 0 spiro atoms. The zero-order valence-electron chi connectivity index (χ0n) is 8.37. The average molecular weight is 255 g/mol. The van der Waals surface area contributed by atoms with Crippen LogP contribution in [0.2, 0.25) is 0 Å². The summed E-state index contributed by atoms with van der Waals surface area (Å²) in [5.74, 6) is 2.85. The second-order valence-electron chi connectivity index (χ2n) is 5.14. The van der Waals surface area contributed by atoms with Gasteiger partial charge in [-0.25, -0.2) is 0 Å². The molecule has 0 amide bonds. The normalized spacial score (nSPS) is 54.3. The Kier molecular flexibility index (Phi) is 1.92. The first kappa shape index (κ1) is 9.14. The first-order chi connectivity index (χ1) is 6.66. The van der Waals surface area contributed by atoms with Gasteiger partial charge in [0, 0.05) is 5.92 Å². The van der Waals surface area contributed by atoms with Crippen LogP contribution >= 0.6 is 15.9 Å². The second-order valence-corrected chi connectivity index (χ2v) is 6.13. The maximum absolute atomic E-state index is 12.1. The highest BCUT2D eigenvalue weighted by atomic mass is 79.9. The Morgan fingerprint density at radius 3 is 3.00 bits per heavy atom. The number of hydrogen-bond acceptors (Lipinski definition) is 1. The van der Waals surface area contributed by atoms with Crippen LogP contribution in [-0.2, 0) is 4.79 Å². The van der Waals surface area contributed by atoms with E-state index >= 15 is 0 Å². The molecular weight excluding hydrogens is 240 g/mol. The molecule has 3 aliphatic carbocycles. The fourth-order valence-electron chi connectivity index (χ4n) is 3.43. The molecule has 0 aliphatic heterocycles. The molecule has 0 saturated heterocycles. The average Bonchev–Trinajstić information content (AvgIpc) is 2.51. The summed E-state index contributed by atoms with van der Waals surface area (Å²) < 4.78 is 0. The molecule has 5 atom stereocenters. The Bertz CT molecular complexity index is 320. The molecule has 2 saturated carbocycles. The molecule has 2 fully saturated rings. The number of halogens is 1. The third kappa shape index (κ3) is 1.09. The van der Waals surface area contributed by atoms with E-state index in [2.05, 4.69) is 28.9 Å². The highest BCUT2D eigenvalue weighted by molar-refractivity contribution is 9.10. The van der Waals surface area contributed by atoms with Crippen LogP contribution in [-0.4, -0.2) is 10.6 Å². The predicted molar refractivity (Wildman–Crippen MR) is 59.3 cm³/mol. The first-order valence-corrected chi connectivity index (χ1v) is 6.46. The van der Waals surface area contributed by atoms with E-state index in [0.29, 0.717) is 17.6 Å². The summed E-state index contributed by atoms with van der Waals surface area (Å²) in [6.07, 6.45) is 5.93. The summed E-state index contributed by atoms with van der Waals surface area (Å²) in [4.78, 5) is 12.1. The van der Waals surface area contributed by atoms with Crippen molar-refractivity contribution in [1.82, 2.24) is 0 Å². The van der Waals surface area contributed by atoms with Gasteiger partial charge in [-0.1, -0.05) is 34.5 Å². The van der Waals surface area contributed by atoms with Gasteiger partial charge in [0.05, 0.1) is 4.83 Å². The zero-order valence-corrected chi connectivity index (χ0v) is 9.96. The van der Waals surface area contributed by atoms with Crippen molar-refractivity contribution in [2.45, 2.75) is 31.0 Å². The van der Waals surface area contributed by atoms with E-state index in [-0.39, 0.29) is 4.83 Å². The highest BCUT2D eigenvalue weighted by Crippen LogP contribution is 2.55. The topological polar surface area (TPSA) is 17.1 Å². The molecule has 0 radical (unpaired) electrons. The van der Waals surface area contributed by atoms with Crippen LogP contribution < -0.4 is 0 Å². The summed E-state index contributed by atoms with van der Waals surface area (Å²) in [5.41, 5.74) is 1.64. The standard InChI is InChI=1S/C12H15BrO/c1-6-2-7-3-8-4-9(5-10(7)8)12(14)11(6)13/h2,6,8-11H,3-5H2,1H3/b7-2-. The minimum absolute atomic E-state index is 0.0697. The van der Waals surface area contributed by atoms with Crippen molar-refractivity contribution in [3.05, 3.63) is 11.6 Å². The Balaban J connectivity index is 1.99. The fraction of sp³-hybridized carbons (Fsp3) is 0.750. The molecule has 76 valence electrons. The molecule has 0 heterocycles. The van der Waals surface area contributed by atoms with Crippen molar-refractivity contribution in [3.8, 4) is 0 Å². The van der Waals surface area contributed by atoms with Gasteiger partial charge < -0.3 is 0 Å². The summed E-state index contributed by atoms with van der Waals surface area (Å²) in [7, 11) is 0. The van der Waals surface area contributed by atoms with Crippen molar-refractivity contribution in [2.24, 2.45) is 23.7 Å². The van der Waals surface area contributed by atoms with E-state index < -0.39 is 0 Å². The van der Waals surface area contributed by atoms with Crippen molar-refractivity contribution < 1.29 is 4.79 Å². The third-order valence-electron chi connectivity index (χ3n) is 4.28. The molecule has 0 aromatic rings. The number of ketones is 1. The van der Waals surface area contributed by atoms with Crippen LogP contribution in [0.15, 0.2) is 11.6 Å². The van der Waals surface area contributed by atoms with E-state index in [1.165, 1.54) is 6.42 Å². The van der Waals surface area contributed by atoms with Crippen molar-refractivity contribution in [2.75, 3.05) is 0 Å². The third-order valence-corrected chi connectivity index (χ3v) is 5.57. The van der Waals surface area contributed by atoms with Gasteiger partial charge in [0.1, 0.15) is 5.78 Å². The fourth-order valence-corrected chi connectivity index (χ4v) is 3.96. The number of rotatable bonds is 0. The maximum atomic E-state index is 12.1. The lowest BCUT2D eigenvalue weighted by atomic mass is 9.70. The highest BCUT2D eigenvalue weighted by Gasteiger charge is 2.48. The molecule has 2 heteroatoms. The molecule has 2 bridgehead atoms. The molecule has 1 nitrogen and oxygen atoms in total. The SMILES string of the molecule is CC1/C=C2/CC3CC(CC23)C(=O)C1Br. The van der Waals surface area contributed by atoms with Gasteiger partial charge >= 0.3 is 0 Å². The molecule has 3 rings (SSSR count). The summed E-state index contributed by atoms with van der Waals surface area (Å²) in [5, 5.41) is 0. The van der Waals surface area contributed by atoms with Gasteiger partial charge in [0.15, 0.2) is 0 Å². The Hall–Kier alpha value is -0.110. The van der Waals surface area contributed by atoms with E-state index in [1.54, 1.807) is 5.57 Å². The van der Waals surface area contributed by atoms with Crippen molar-refractivity contribution in [1.29, 1.82) is 0 Å². The molecule has 0 aromatic heterocycles. The molecule has 0 aromatic carbocycles. The number of hydrogen-bond donors (Lipinski definition) is 0. The quantitative estimate of drug-likeness (QED) is 0.480. The maximum Gasteiger partial charge on any atom is 0.150 e. The minimum atomic E-state index is 0.0697. The summed E-state index contributed by atoms with van der Waals surface area (Å²) >= 11 is 3.56. The molecule has 14 heavy (non-hydrogen) atoms. The number of allylic oxidation sites excluding steroid dienone is 2. The van der Waals surface area contributed by atoms with Crippen molar-refractivity contribution in [3.63, 3.8) is 0 Å². The Morgan fingerprint density at radius 2 is 2.21 bits per heavy atom. The van der Waals surface area contributed by atoms with Gasteiger partial charge in [0.2, 0.25) is 0 Å². The van der Waals surface area contributed by atoms with Crippen LogP contribution in [0.3, 0.4) is 0 Å². The van der Waals surface area contributed by atoms with E-state index in [4.69, 9.17) is 0 Å². The Labute approximate surface area is 93.1 Å². The molecule has 5 unspecified atom stereocenters. The lowest BCUT2D eigenvalue weighted by Crippen LogP contribution is -2.30. The van der Waals surface area contributed by atoms with Gasteiger partial charge in [0.25, 0.3) is 0 Å². The zero-order chi connectivity index (χ0) is 9.87. The van der Waals surface area contributed by atoms with Crippen LogP contribution in [0.5, 0.6) is 0 Å². The van der Waals surface area contributed by atoms with Crippen LogP contribution in [0.4, 0.5) is 0 Å². The number of alkyl halides is 1. The molecule has 0 N–H and O–H groups in total. The van der Waals surface area contributed by atoms with Crippen LogP contribution in [0.1, 0.15) is 26.2 Å². The lowest BCUT2D eigenvalue weighted by molar-refractivity contribution is -0.122. The number of Topliss-reactive ketones (excluding diaryl/α,β-unsaturated/α-hetero) is 1. The minimum Gasteiger partial charge on any atom is -0.298 e. The van der Waals surface area contributed by atoms with E-state index in [9.17, 15) is 4.79 Å². The van der Waals surface area contributed by atoms with E-state index in [1.807, 2.05) is 0 Å². The van der Waals surface area contributed by atoms with Crippen LogP contribution in [0, 0.1) is 23.7 Å². The number of fused-ring (bicyclic) bond motifs is 1. The second kappa shape index (κ2) is 2.94. The number of carbonyl (C=O) groups is 1. The van der Waals surface area contributed by atoms with Gasteiger partial charge in [-0.3, -0.25) is 4.79 Å². The van der Waals surface area contributed by atoms with Gasteiger partial charge in [-0.2, -0.15) is 0 Å². The smallest absolute Gasteiger partial charge is 0.150 e. The molecule has 3 aliphatic rings. The summed E-state index contributed by atoms with van der Waals surface area (Å²) in [6.45, 7) is 2.16. The summed E-state index contributed by atoms with van der Waals surface area (Å²) in [6, 6.07) is 0.